The van der Waals surface area contributed by atoms with Crippen LogP contribution >= 0.6 is 0 Å². The summed E-state index contributed by atoms with van der Waals surface area (Å²) in [6.45, 7) is 10.9. The Morgan fingerprint density at radius 3 is 2.60 bits per heavy atom. The zero-order valence-electron chi connectivity index (χ0n) is 13.8. The SMILES string of the molecule is CCC(CNC1CCCC(C)C1)NC(=O)OC(C)(C)C. The minimum absolute atomic E-state index is 0.141. The van der Waals surface area contributed by atoms with E-state index in [9.17, 15) is 4.79 Å². The van der Waals surface area contributed by atoms with Crippen molar-refractivity contribution in [2.75, 3.05) is 6.54 Å². The second-order valence-electron chi connectivity index (χ2n) is 7.13. The summed E-state index contributed by atoms with van der Waals surface area (Å²) in [5.74, 6) is 0.820. The molecular formula is C16H32N2O2. The molecule has 1 aliphatic carbocycles. The van der Waals surface area contributed by atoms with Crippen molar-refractivity contribution in [1.29, 1.82) is 0 Å². The van der Waals surface area contributed by atoms with E-state index in [1.165, 1.54) is 25.7 Å². The number of amides is 1. The standard InChI is InChI=1S/C16H32N2O2/c1-6-13(18-15(19)20-16(3,4)5)11-17-14-9-7-8-12(2)10-14/h12-14,17H,6-11H2,1-5H3,(H,18,19). The molecule has 0 aliphatic heterocycles. The van der Waals surface area contributed by atoms with E-state index in [0.29, 0.717) is 6.04 Å². The van der Waals surface area contributed by atoms with Crippen molar-refractivity contribution in [2.45, 2.75) is 84.4 Å². The van der Waals surface area contributed by atoms with Gasteiger partial charge in [-0.25, -0.2) is 4.79 Å². The third-order valence-electron chi connectivity index (χ3n) is 3.80. The number of ether oxygens (including phenoxy) is 1. The molecule has 1 aliphatic rings. The summed E-state index contributed by atoms with van der Waals surface area (Å²) in [5.41, 5.74) is -0.436. The van der Waals surface area contributed by atoms with Gasteiger partial charge < -0.3 is 15.4 Å². The van der Waals surface area contributed by atoms with Gasteiger partial charge in [-0.2, -0.15) is 0 Å². The molecule has 118 valence electrons. The number of hydrogen-bond acceptors (Lipinski definition) is 3. The summed E-state index contributed by atoms with van der Waals surface area (Å²) < 4.78 is 5.30. The van der Waals surface area contributed by atoms with Crippen molar-refractivity contribution in [1.82, 2.24) is 10.6 Å². The number of carbonyl (C=O) groups is 1. The minimum atomic E-state index is -0.436. The highest BCUT2D eigenvalue weighted by molar-refractivity contribution is 5.68. The Bertz CT molecular complexity index is 299. The van der Waals surface area contributed by atoms with Crippen LogP contribution in [0.15, 0.2) is 0 Å². The fourth-order valence-electron chi connectivity index (χ4n) is 2.70. The van der Waals surface area contributed by atoms with Gasteiger partial charge in [0.25, 0.3) is 0 Å². The van der Waals surface area contributed by atoms with Gasteiger partial charge in [0.1, 0.15) is 5.60 Å². The van der Waals surface area contributed by atoms with Gasteiger partial charge in [0.15, 0.2) is 0 Å². The normalized spacial score (nSPS) is 25.1. The first kappa shape index (κ1) is 17.3. The number of hydrogen-bond donors (Lipinski definition) is 2. The Labute approximate surface area is 124 Å². The molecule has 2 N–H and O–H groups in total. The Balaban J connectivity index is 2.30. The monoisotopic (exact) mass is 284 g/mol. The Kier molecular flexibility index (Phi) is 6.80. The average Bonchev–Trinajstić information content (AvgIpc) is 2.32. The van der Waals surface area contributed by atoms with Crippen molar-refractivity contribution in [2.24, 2.45) is 5.92 Å². The van der Waals surface area contributed by atoms with E-state index in [1.54, 1.807) is 0 Å². The van der Waals surface area contributed by atoms with Crippen LogP contribution in [0.5, 0.6) is 0 Å². The zero-order chi connectivity index (χ0) is 15.2. The van der Waals surface area contributed by atoms with E-state index >= 15 is 0 Å². The summed E-state index contributed by atoms with van der Waals surface area (Å²) in [6.07, 6.45) is 5.77. The zero-order valence-corrected chi connectivity index (χ0v) is 13.8. The van der Waals surface area contributed by atoms with Gasteiger partial charge in [-0.3, -0.25) is 0 Å². The number of alkyl carbamates (subject to hydrolysis) is 1. The highest BCUT2D eigenvalue weighted by Crippen LogP contribution is 2.23. The molecule has 1 saturated carbocycles. The van der Waals surface area contributed by atoms with Crippen LogP contribution in [0, 0.1) is 5.92 Å². The van der Waals surface area contributed by atoms with Gasteiger partial charge >= 0.3 is 6.09 Å². The molecule has 3 unspecified atom stereocenters. The fourth-order valence-corrected chi connectivity index (χ4v) is 2.70. The van der Waals surface area contributed by atoms with Crippen molar-refractivity contribution in [3.05, 3.63) is 0 Å². The Morgan fingerprint density at radius 1 is 1.35 bits per heavy atom. The number of nitrogens with one attached hydrogen (secondary N) is 2. The van der Waals surface area contributed by atoms with Crippen LogP contribution in [-0.4, -0.2) is 30.3 Å². The lowest BCUT2D eigenvalue weighted by atomic mass is 9.87. The quantitative estimate of drug-likeness (QED) is 0.813. The van der Waals surface area contributed by atoms with Crippen molar-refractivity contribution >= 4 is 6.09 Å². The highest BCUT2D eigenvalue weighted by atomic mass is 16.6. The van der Waals surface area contributed by atoms with Crippen LogP contribution in [-0.2, 0) is 4.74 Å². The first-order chi connectivity index (χ1) is 9.30. The van der Waals surface area contributed by atoms with Crippen molar-refractivity contribution < 1.29 is 9.53 Å². The molecule has 20 heavy (non-hydrogen) atoms. The summed E-state index contributed by atoms with van der Waals surface area (Å²) >= 11 is 0. The molecule has 1 fully saturated rings. The third kappa shape index (κ3) is 7.13. The summed E-state index contributed by atoms with van der Waals surface area (Å²) in [7, 11) is 0. The molecule has 4 nitrogen and oxygen atoms in total. The number of rotatable bonds is 5. The van der Waals surface area contributed by atoms with Crippen LogP contribution in [0.4, 0.5) is 4.79 Å². The molecule has 3 atom stereocenters. The van der Waals surface area contributed by atoms with Crippen LogP contribution < -0.4 is 10.6 Å². The number of carbonyl (C=O) groups excluding carboxylic acids is 1. The molecule has 0 aromatic carbocycles. The van der Waals surface area contributed by atoms with Gasteiger partial charge in [-0.05, 0) is 46.0 Å². The van der Waals surface area contributed by atoms with Crippen molar-refractivity contribution in [3.63, 3.8) is 0 Å². The predicted molar refractivity (Wildman–Crippen MR) is 82.9 cm³/mol. The second-order valence-corrected chi connectivity index (χ2v) is 7.13. The van der Waals surface area contributed by atoms with Gasteiger partial charge in [-0.1, -0.05) is 26.7 Å². The van der Waals surface area contributed by atoms with E-state index in [2.05, 4.69) is 24.5 Å². The summed E-state index contributed by atoms with van der Waals surface area (Å²) in [5, 5.41) is 6.55. The molecule has 0 heterocycles. The van der Waals surface area contributed by atoms with E-state index in [0.717, 1.165) is 18.9 Å². The van der Waals surface area contributed by atoms with E-state index in [1.807, 2.05) is 20.8 Å². The third-order valence-corrected chi connectivity index (χ3v) is 3.80. The molecular weight excluding hydrogens is 252 g/mol. The fraction of sp³-hybridized carbons (Fsp3) is 0.938. The highest BCUT2D eigenvalue weighted by Gasteiger charge is 2.21. The van der Waals surface area contributed by atoms with Crippen LogP contribution in [0.25, 0.3) is 0 Å². The van der Waals surface area contributed by atoms with Gasteiger partial charge in [0, 0.05) is 18.6 Å². The first-order valence-electron chi connectivity index (χ1n) is 8.03. The van der Waals surface area contributed by atoms with E-state index in [-0.39, 0.29) is 12.1 Å². The molecule has 0 aromatic heterocycles. The minimum Gasteiger partial charge on any atom is -0.444 e. The smallest absolute Gasteiger partial charge is 0.407 e. The molecule has 0 bridgehead atoms. The molecule has 0 aromatic rings. The van der Waals surface area contributed by atoms with Gasteiger partial charge in [0.2, 0.25) is 0 Å². The molecule has 4 heteroatoms. The first-order valence-corrected chi connectivity index (χ1v) is 8.03. The lowest BCUT2D eigenvalue weighted by molar-refractivity contribution is 0.0501. The molecule has 1 rings (SSSR count). The summed E-state index contributed by atoms with van der Waals surface area (Å²) in [4.78, 5) is 11.8. The maximum absolute atomic E-state index is 11.8. The molecule has 1 amide bonds. The average molecular weight is 284 g/mol. The summed E-state index contributed by atoms with van der Waals surface area (Å²) in [6, 6.07) is 0.746. The Morgan fingerprint density at radius 2 is 2.05 bits per heavy atom. The van der Waals surface area contributed by atoms with Crippen LogP contribution in [0.3, 0.4) is 0 Å². The maximum Gasteiger partial charge on any atom is 0.407 e. The topological polar surface area (TPSA) is 50.4 Å². The largest absolute Gasteiger partial charge is 0.444 e. The molecule has 0 spiro atoms. The second kappa shape index (κ2) is 7.87. The van der Waals surface area contributed by atoms with Crippen LogP contribution in [0.2, 0.25) is 0 Å². The van der Waals surface area contributed by atoms with E-state index in [4.69, 9.17) is 4.74 Å². The van der Waals surface area contributed by atoms with Gasteiger partial charge in [-0.15, -0.1) is 0 Å². The maximum atomic E-state index is 11.8. The lowest BCUT2D eigenvalue weighted by Gasteiger charge is -2.29. The van der Waals surface area contributed by atoms with E-state index < -0.39 is 5.60 Å². The lowest BCUT2D eigenvalue weighted by Crippen LogP contribution is -2.46. The van der Waals surface area contributed by atoms with Crippen LogP contribution in [0.1, 0.15) is 66.7 Å². The van der Waals surface area contributed by atoms with Gasteiger partial charge in [0.05, 0.1) is 0 Å². The Hall–Kier alpha value is -0.770. The predicted octanol–water partition coefficient (Wildman–Crippen LogP) is 3.46. The van der Waals surface area contributed by atoms with Crippen molar-refractivity contribution in [3.8, 4) is 0 Å². The molecule has 0 radical (unpaired) electrons. The molecule has 0 saturated heterocycles.